The average molecular weight is 402 g/mol. The van der Waals surface area contributed by atoms with Gasteiger partial charge in [0.1, 0.15) is 13.2 Å². The summed E-state index contributed by atoms with van der Waals surface area (Å²) in [5.41, 5.74) is 1.28. The van der Waals surface area contributed by atoms with Gasteiger partial charge in [-0.15, -0.1) is 0 Å². The minimum atomic E-state index is -0.0224. The highest BCUT2D eigenvalue weighted by Gasteiger charge is 2.68. The van der Waals surface area contributed by atoms with E-state index < -0.39 is 0 Å². The van der Waals surface area contributed by atoms with Crippen LogP contribution in [0.15, 0.2) is 12.1 Å². The predicted octanol–water partition coefficient (Wildman–Crippen LogP) is 3.48. The summed E-state index contributed by atoms with van der Waals surface area (Å²) < 4.78 is 23.6. The number of carbonyl (C=O) groups excluding carboxylic acids is 1. The van der Waals surface area contributed by atoms with E-state index in [-0.39, 0.29) is 28.9 Å². The van der Waals surface area contributed by atoms with E-state index in [4.69, 9.17) is 18.9 Å². The Hall–Kier alpha value is -1.95. The van der Waals surface area contributed by atoms with Crippen LogP contribution >= 0.6 is 0 Å². The highest BCUT2D eigenvalue weighted by atomic mass is 16.6. The van der Waals surface area contributed by atoms with Gasteiger partial charge in [-0.05, 0) is 59.6 Å². The van der Waals surface area contributed by atoms with Gasteiger partial charge in [0.25, 0.3) is 0 Å². The van der Waals surface area contributed by atoms with E-state index in [0.29, 0.717) is 43.2 Å². The number of benzene rings is 1. The van der Waals surface area contributed by atoms with E-state index in [1.165, 1.54) is 0 Å². The van der Waals surface area contributed by atoms with Crippen LogP contribution in [0.3, 0.4) is 0 Å². The molecule has 0 aromatic heterocycles. The molecule has 2 aliphatic heterocycles. The van der Waals surface area contributed by atoms with Gasteiger partial charge in [-0.1, -0.05) is 13.8 Å². The zero-order valence-corrected chi connectivity index (χ0v) is 17.7. The van der Waals surface area contributed by atoms with Crippen LogP contribution in [0.25, 0.3) is 0 Å². The van der Waals surface area contributed by atoms with Gasteiger partial charge in [-0.3, -0.25) is 4.79 Å². The van der Waals surface area contributed by atoms with Crippen LogP contribution in [0.1, 0.15) is 51.7 Å². The van der Waals surface area contributed by atoms with Crippen LogP contribution in [0.4, 0.5) is 0 Å². The Morgan fingerprint density at radius 2 is 2.00 bits per heavy atom. The Labute approximate surface area is 172 Å². The molecule has 2 aliphatic carbocycles. The Balaban J connectivity index is 1.53. The molecule has 5 atom stereocenters. The lowest BCUT2D eigenvalue weighted by atomic mass is 9.59. The lowest BCUT2D eigenvalue weighted by molar-refractivity contribution is -0.136. The van der Waals surface area contributed by atoms with Crippen molar-refractivity contribution >= 4 is 5.91 Å². The molecule has 3 fully saturated rings. The number of nitrogens with one attached hydrogen (secondary N) is 1. The lowest BCUT2D eigenvalue weighted by Gasteiger charge is -2.53. The van der Waals surface area contributed by atoms with Gasteiger partial charge in [0.15, 0.2) is 11.5 Å². The summed E-state index contributed by atoms with van der Waals surface area (Å²) in [7, 11) is 1.66. The first-order valence-corrected chi connectivity index (χ1v) is 10.7. The van der Waals surface area contributed by atoms with Crippen molar-refractivity contribution in [3.8, 4) is 17.2 Å². The maximum absolute atomic E-state index is 12.0. The van der Waals surface area contributed by atoms with Crippen molar-refractivity contribution in [3.63, 3.8) is 0 Å². The summed E-state index contributed by atoms with van der Waals surface area (Å²) in [6.45, 7) is 8.05. The summed E-state index contributed by atoms with van der Waals surface area (Å²) in [6.07, 6.45) is 3.27. The summed E-state index contributed by atoms with van der Waals surface area (Å²) in [4.78, 5) is 12.0. The number of carbonyl (C=O) groups is 1. The third-order valence-electron chi connectivity index (χ3n) is 8.03. The molecule has 6 nitrogen and oxygen atoms in total. The topological polar surface area (TPSA) is 66.0 Å². The van der Waals surface area contributed by atoms with Gasteiger partial charge in [0.05, 0.1) is 13.2 Å². The first-order chi connectivity index (χ1) is 13.9. The molecular formula is C23H31NO5. The largest absolute Gasteiger partial charge is 0.493 e. The molecule has 1 saturated heterocycles. The molecule has 6 heteroatoms. The Bertz CT molecular complexity index is 820. The molecule has 1 amide bonds. The summed E-state index contributed by atoms with van der Waals surface area (Å²) in [5, 5.41) is 3.33. The highest BCUT2D eigenvalue weighted by Crippen LogP contribution is 2.70. The molecule has 1 aromatic carbocycles. The van der Waals surface area contributed by atoms with Crippen molar-refractivity contribution in [2.45, 2.75) is 52.2 Å². The lowest BCUT2D eigenvalue weighted by Crippen LogP contribution is -2.58. The van der Waals surface area contributed by atoms with Gasteiger partial charge < -0.3 is 24.3 Å². The maximum atomic E-state index is 12.0. The number of hydrogen-bond donors (Lipinski definition) is 1. The summed E-state index contributed by atoms with van der Waals surface area (Å²) in [6, 6.07) is 4.29. The van der Waals surface area contributed by atoms with Gasteiger partial charge in [-0.2, -0.15) is 0 Å². The van der Waals surface area contributed by atoms with Crippen molar-refractivity contribution in [1.82, 2.24) is 5.32 Å². The molecule has 5 rings (SSSR count). The summed E-state index contributed by atoms with van der Waals surface area (Å²) in [5.74, 6) is 3.13. The zero-order chi connectivity index (χ0) is 20.4. The van der Waals surface area contributed by atoms with E-state index in [1.54, 1.807) is 14.0 Å². The average Bonchev–Trinajstić information content (AvgIpc) is 3.19. The van der Waals surface area contributed by atoms with E-state index in [0.717, 1.165) is 30.6 Å². The van der Waals surface area contributed by atoms with Crippen molar-refractivity contribution in [3.05, 3.63) is 17.7 Å². The molecule has 29 heavy (non-hydrogen) atoms. The number of methoxy groups -OCH3 is 1. The molecule has 2 saturated carbocycles. The van der Waals surface area contributed by atoms with Crippen molar-refractivity contribution in [2.75, 3.05) is 26.9 Å². The van der Waals surface area contributed by atoms with Crippen LogP contribution < -0.4 is 19.5 Å². The Morgan fingerprint density at radius 3 is 2.76 bits per heavy atom. The SMILES string of the molecule is COc1cc([C@H]2OCCC34C[C@@H](C[C@H]23)C(C)(C)[C@@H]4NC(C)=O)cc2c1OCCO2. The molecule has 1 unspecified atom stereocenters. The van der Waals surface area contributed by atoms with E-state index >= 15 is 0 Å². The normalized spacial score (nSPS) is 36.4. The van der Waals surface area contributed by atoms with Crippen LogP contribution in [0.2, 0.25) is 0 Å². The minimum Gasteiger partial charge on any atom is -0.493 e. The second kappa shape index (κ2) is 6.53. The minimum absolute atomic E-state index is 0.0224. The highest BCUT2D eigenvalue weighted by molar-refractivity contribution is 5.73. The molecule has 1 N–H and O–H groups in total. The smallest absolute Gasteiger partial charge is 0.217 e. The molecule has 158 valence electrons. The quantitative estimate of drug-likeness (QED) is 0.840. The van der Waals surface area contributed by atoms with E-state index in [1.807, 2.05) is 6.07 Å². The number of hydrogen-bond acceptors (Lipinski definition) is 5. The number of ether oxygens (including phenoxy) is 4. The third kappa shape index (κ3) is 2.68. The molecule has 0 radical (unpaired) electrons. The van der Waals surface area contributed by atoms with Crippen LogP contribution in [0.5, 0.6) is 17.2 Å². The fourth-order valence-electron chi connectivity index (χ4n) is 6.78. The Kier molecular flexibility index (Phi) is 4.28. The van der Waals surface area contributed by atoms with Gasteiger partial charge >= 0.3 is 0 Å². The third-order valence-corrected chi connectivity index (χ3v) is 8.03. The first-order valence-electron chi connectivity index (χ1n) is 10.7. The van der Waals surface area contributed by atoms with E-state index in [9.17, 15) is 4.79 Å². The van der Waals surface area contributed by atoms with Gasteiger partial charge in [0.2, 0.25) is 11.7 Å². The van der Waals surface area contributed by atoms with Gasteiger partial charge in [0, 0.05) is 19.6 Å². The van der Waals surface area contributed by atoms with Crippen LogP contribution in [-0.4, -0.2) is 38.9 Å². The first kappa shape index (κ1) is 19.0. The fourth-order valence-corrected chi connectivity index (χ4v) is 6.78. The molecule has 4 aliphatic rings. The van der Waals surface area contributed by atoms with Crippen molar-refractivity contribution < 1.29 is 23.7 Å². The second-order valence-corrected chi connectivity index (χ2v) is 9.72. The molecule has 1 spiro atoms. The predicted molar refractivity (Wildman–Crippen MR) is 107 cm³/mol. The molecular weight excluding hydrogens is 370 g/mol. The standard InChI is InChI=1S/C23H31NO5/c1-13(25)24-21-22(2,3)15-11-16-19(28-6-5-23(16,21)12-15)14-9-17(26-4)20-18(10-14)27-7-8-29-20/h9-10,15-16,19,21H,5-8,11-12H2,1-4H3,(H,24,25)/t15-,16-,19-,21+,23?/m1/s1. The number of rotatable bonds is 3. The van der Waals surface area contributed by atoms with Crippen LogP contribution in [-0.2, 0) is 9.53 Å². The number of fused-ring (bicyclic) bond motifs is 2. The second-order valence-electron chi connectivity index (χ2n) is 9.72. The molecule has 1 aromatic rings. The molecule has 2 bridgehead atoms. The zero-order valence-electron chi connectivity index (χ0n) is 17.7. The van der Waals surface area contributed by atoms with Crippen molar-refractivity contribution in [1.29, 1.82) is 0 Å². The molecule has 2 heterocycles. The monoisotopic (exact) mass is 401 g/mol. The Morgan fingerprint density at radius 1 is 1.21 bits per heavy atom. The van der Waals surface area contributed by atoms with Crippen molar-refractivity contribution in [2.24, 2.45) is 22.7 Å². The number of amides is 1. The van der Waals surface area contributed by atoms with Crippen LogP contribution in [0, 0.1) is 22.7 Å². The van der Waals surface area contributed by atoms with Gasteiger partial charge in [-0.25, -0.2) is 0 Å². The fraction of sp³-hybridized carbons (Fsp3) is 0.696. The maximum Gasteiger partial charge on any atom is 0.217 e. The van der Waals surface area contributed by atoms with E-state index in [2.05, 4.69) is 25.2 Å². The summed E-state index contributed by atoms with van der Waals surface area (Å²) >= 11 is 0.